The van der Waals surface area contributed by atoms with Crippen molar-refractivity contribution < 1.29 is 24.5 Å². The van der Waals surface area contributed by atoms with E-state index in [0.717, 1.165) is 44.9 Å². The maximum atomic E-state index is 12.5. The average Bonchev–Trinajstić information content (AvgIpc) is 3.45. The van der Waals surface area contributed by atoms with Crippen molar-refractivity contribution in [2.45, 2.75) is 418 Å². The first-order chi connectivity index (χ1) is 39.0. The zero-order chi connectivity index (χ0) is 57.1. The summed E-state index contributed by atoms with van der Waals surface area (Å²) in [5.41, 5.74) is 0. The second-order valence-corrected chi connectivity index (χ2v) is 24.9. The third-order valence-electron chi connectivity index (χ3n) is 17.0. The minimum absolute atomic E-state index is 0.0142. The van der Waals surface area contributed by atoms with Gasteiger partial charge in [-0.2, -0.15) is 0 Å². The molecule has 6 heteroatoms. The van der Waals surface area contributed by atoms with Crippen LogP contribution in [0.1, 0.15) is 406 Å². The predicted molar refractivity (Wildman–Crippen MR) is 347 cm³/mol. The Morgan fingerprint density at radius 1 is 0.342 bits per heavy atom. The lowest BCUT2D eigenvalue weighted by molar-refractivity contribution is -0.143. The summed E-state index contributed by atoms with van der Waals surface area (Å²) >= 11 is 0. The number of nitrogens with one attached hydrogen (secondary N) is 1. The van der Waals surface area contributed by atoms with E-state index in [-0.39, 0.29) is 18.5 Å². The maximum absolute atomic E-state index is 12.5. The van der Waals surface area contributed by atoms with E-state index in [0.29, 0.717) is 19.4 Å². The zero-order valence-electron chi connectivity index (χ0n) is 53.6. The zero-order valence-corrected chi connectivity index (χ0v) is 53.6. The lowest BCUT2D eigenvalue weighted by atomic mass is 10.0. The van der Waals surface area contributed by atoms with Crippen molar-refractivity contribution in [2.24, 2.45) is 0 Å². The highest BCUT2D eigenvalue weighted by molar-refractivity contribution is 5.76. The van der Waals surface area contributed by atoms with Crippen LogP contribution >= 0.6 is 0 Å². The number of hydrogen-bond donors (Lipinski definition) is 3. The Hall–Kier alpha value is -1.66. The number of aliphatic hydroxyl groups excluding tert-OH is 2. The van der Waals surface area contributed by atoms with Crippen LogP contribution in [0.2, 0.25) is 0 Å². The molecule has 0 bridgehead atoms. The highest BCUT2D eigenvalue weighted by Gasteiger charge is 2.18. The molecule has 0 aliphatic rings. The summed E-state index contributed by atoms with van der Waals surface area (Å²) in [5, 5.41) is 23.1. The van der Waals surface area contributed by atoms with E-state index in [4.69, 9.17) is 4.74 Å². The molecule has 0 saturated heterocycles. The molecule has 2 unspecified atom stereocenters. The predicted octanol–water partition coefficient (Wildman–Crippen LogP) is 23.3. The summed E-state index contributed by atoms with van der Waals surface area (Å²) < 4.78 is 5.50. The van der Waals surface area contributed by atoms with E-state index < -0.39 is 12.1 Å². The van der Waals surface area contributed by atoms with Crippen molar-refractivity contribution in [3.05, 3.63) is 24.3 Å². The molecule has 0 radical (unpaired) electrons. The number of allylic oxidation sites excluding steroid dienone is 3. The molecule has 79 heavy (non-hydrogen) atoms. The minimum atomic E-state index is -0.840. The van der Waals surface area contributed by atoms with E-state index in [9.17, 15) is 19.8 Å². The van der Waals surface area contributed by atoms with Crippen LogP contribution in [0, 0.1) is 0 Å². The normalized spacial score (nSPS) is 12.6. The van der Waals surface area contributed by atoms with Crippen LogP contribution in [0.4, 0.5) is 0 Å². The van der Waals surface area contributed by atoms with Crippen LogP contribution < -0.4 is 5.32 Å². The molecule has 0 saturated carbocycles. The molecule has 0 fully saturated rings. The van der Waals surface area contributed by atoms with Gasteiger partial charge in [0.25, 0.3) is 0 Å². The topological polar surface area (TPSA) is 95.9 Å². The largest absolute Gasteiger partial charge is 0.466 e. The number of ether oxygens (including phenoxy) is 1. The monoisotopic (exact) mass is 1110 g/mol. The number of carbonyl (C=O) groups excluding carboxylic acids is 2. The van der Waals surface area contributed by atoms with Crippen LogP contribution in [-0.2, 0) is 14.3 Å². The van der Waals surface area contributed by atoms with Gasteiger partial charge in [0, 0.05) is 12.8 Å². The number of esters is 1. The first-order valence-electron chi connectivity index (χ1n) is 36.1. The van der Waals surface area contributed by atoms with Gasteiger partial charge >= 0.3 is 5.97 Å². The summed E-state index contributed by atoms with van der Waals surface area (Å²) in [6, 6.07) is -0.623. The van der Waals surface area contributed by atoms with E-state index in [1.807, 2.05) is 6.08 Å². The van der Waals surface area contributed by atoms with Crippen molar-refractivity contribution in [2.75, 3.05) is 13.2 Å². The SMILES string of the molecule is CCCCCCCCC/C=C\CCCCCCCC(=O)OCCCCCCCCCCCCCCCCCCCCCCCCCCCCCCCCCCC(=O)NC(CO)C(O)/C=C/CCCCCCCCCCCCCC. The minimum Gasteiger partial charge on any atom is -0.466 e. The number of unbranched alkanes of at least 4 members (excludes halogenated alkanes) is 55. The molecule has 0 aromatic rings. The second kappa shape index (κ2) is 68.8. The molecule has 0 spiro atoms. The molecular weight excluding hydrogens is 971 g/mol. The van der Waals surface area contributed by atoms with Crippen molar-refractivity contribution >= 4 is 11.9 Å². The Kier molecular flexibility index (Phi) is 67.4. The summed E-state index contributed by atoms with van der Waals surface area (Å²) in [4.78, 5) is 24.6. The summed E-state index contributed by atoms with van der Waals surface area (Å²) in [7, 11) is 0. The highest BCUT2D eigenvalue weighted by atomic mass is 16.5. The van der Waals surface area contributed by atoms with Crippen molar-refractivity contribution in [1.29, 1.82) is 0 Å². The third-order valence-corrected chi connectivity index (χ3v) is 17.0. The molecule has 468 valence electrons. The third kappa shape index (κ3) is 65.4. The van der Waals surface area contributed by atoms with Gasteiger partial charge in [0.05, 0.1) is 25.4 Å². The number of hydrogen-bond acceptors (Lipinski definition) is 5. The molecule has 0 heterocycles. The number of amides is 1. The number of rotatable bonds is 68. The molecule has 6 nitrogen and oxygen atoms in total. The lowest BCUT2D eigenvalue weighted by Gasteiger charge is -2.20. The summed E-state index contributed by atoms with van der Waals surface area (Å²) in [5.74, 6) is -0.0471. The quantitative estimate of drug-likeness (QED) is 0.0320. The van der Waals surface area contributed by atoms with Crippen molar-refractivity contribution in [3.63, 3.8) is 0 Å². The van der Waals surface area contributed by atoms with Gasteiger partial charge in [0.2, 0.25) is 5.91 Å². The first-order valence-corrected chi connectivity index (χ1v) is 36.1. The molecule has 3 N–H and O–H groups in total. The van der Waals surface area contributed by atoms with Gasteiger partial charge in [-0.05, 0) is 57.8 Å². The lowest BCUT2D eigenvalue weighted by Crippen LogP contribution is -2.45. The molecular formula is C73H141NO5. The van der Waals surface area contributed by atoms with Crippen molar-refractivity contribution in [3.8, 4) is 0 Å². The van der Waals surface area contributed by atoms with Crippen LogP contribution in [0.3, 0.4) is 0 Å². The van der Waals surface area contributed by atoms with E-state index in [1.54, 1.807) is 6.08 Å². The van der Waals surface area contributed by atoms with Crippen LogP contribution in [0.25, 0.3) is 0 Å². The molecule has 0 aliphatic heterocycles. The highest BCUT2D eigenvalue weighted by Crippen LogP contribution is 2.19. The summed E-state index contributed by atoms with van der Waals surface area (Å²) in [6.45, 7) is 4.93. The molecule has 0 aromatic heterocycles. The van der Waals surface area contributed by atoms with Crippen LogP contribution in [0.5, 0.6) is 0 Å². The van der Waals surface area contributed by atoms with Gasteiger partial charge in [-0.15, -0.1) is 0 Å². The molecule has 0 rings (SSSR count). The van der Waals surface area contributed by atoms with E-state index in [2.05, 4.69) is 31.3 Å². The van der Waals surface area contributed by atoms with Gasteiger partial charge in [-0.1, -0.05) is 359 Å². The first kappa shape index (κ1) is 77.3. The number of carbonyl (C=O) groups is 2. The van der Waals surface area contributed by atoms with Gasteiger partial charge < -0.3 is 20.3 Å². The van der Waals surface area contributed by atoms with Crippen LogP contribution in [0.15, 0.2) is 24.3 Å². The van der Waals surface area contributed by atoms with Crippen LogP contribution in [-0.4, -0.2) is 47.4 Å². The standard InChI is InChI=1S/C73H141NO5/c1-3-5-7-9-11-13-15-17-19-39-43-47-51-55-59-63-67-73(78)79-68-64-60-56-52-48-44-40-37-35-33-31-29-27-25-23-21-20-22-24-26-28-30-32-34-36-38-42-46-50-54-58-62-66-72(77)74-70(69-75)71(76)65-61-57-53-49-45-41-18-16-14-12-10-8-6-4-2/h19,39,61,65,70-71,75-76H,3-18,20-38,40-60,62-64,66-69H2,1-2H3,(H,74,77)/b39-19-,65-61+. The maximum Gasteiger partial charge on any atom is 0.305 e. The smallest absolute Gasteiger partial charge is 0.305 e. The van der Waals surface area contributed by atoms with E-state index in [1.165, 1.54) is 334 Å². The molecule has 2 atom stereocenters. The van der Waals surface area contributed by atoms with Gasteiger partial charge in [-0.3, -0.25) is 9.59 Å². The fourth-order valence-electron chi connectivity index (χ4n) is 11.5. The summed E-state index contributed by atoms with van der Waals surface area (Å²) in [6.07, 6.45) is 87.0. The Labute approximate surface area is 494 Å². The average molecular weight is 1110 g/mol. The number of aliphatic hydroxyl groups is 2. The van der Waals surface area contributed by atoms with Gasteiger partial charge in [0.1, 0.15) is 0 Å². The molecule has 0 aliphatic carbocycles. The Balaban J connectivity index is 3.32. The van der Waals surface area contributed by atoms with Gasteiger partial charge in [-0.25, -0.2) is 0 Å². The second-order valence-electron chi connectivity index (χ2n) is 24.9. The molecule has 0 aromatic carbocycles. The Morgan fingerprint density at radius 3 is 0.899 bits per heavy atom. The molecule has 1 amide bonds. The van der Waals surface area contributed by atoms with Crippen molar-refractivity contribution in [1.82, 2.24) is 5.32 Å². The Bertz CT molecular complexity index is 1230. The Morgan fingerprint density at radius 2 is 0.595 bits per heavy atom. The fourth-order valence-corrected chi connectivity index (χ4v) is 11.5. The van der Waals surface area contributed by atoms with Gasteiger partial charge in [0.15, 0.2) is 0 Å². The van der Waals surface area contributed by atoms with E-state index >= 15 is 0 Å². The fraction of sp³-hybridized carbons (Fsp3) is 0.918.